The first kappa shape index (κ1) is 19.7. The number of hydrogen-bond acceptors (Lipinski definition) is 6. The van der Waals surface area contributed by atoms with Gasteiger partial charge in [0.15, 0.2) is 16.6 Å². The number of thiazole rings is 1. The number of rotatable bonds is 7. The van der Waals surface area contributed by atoms with Crippen molar-refractivity contribution < 1.29 is 19.0 Å². The Kier molecular flexibility index (Phi) is 6.16. The summed E-state index contributed by atoms with van der Waals surface area (Å²) in [5, 5.41) is 3.38. The highest BCUT2D eigenvalue weighted by Crippen LogP contribution is 2.38. The third kappa shape index (κ3) is 4.43. The van der Waals surface area contributed by atoms with Crippen LogP contribution in [-0.4, -0.2) is 32.2 Å². The predicted molar refractivity (Wildman–Crippen MR) is 110 cm³/mol. The summed E-state index contributed by atoms with van der Waals surface area (Å²) >= 11 is 1.45. The van der Waals surface area contributed by atoms with Gasteiger partial charge in [0, 0.05) is 23.1 Å². The summed E-state index contributed by atoms with van der Waals surface area (Å²) in [6.45, 7) is 2.07. The quantitative estimate of drug-likeness (QED) is 0.642. The van der Waals surface area contributed by atoms with Crippen LogP contribution in [0.4, 0.5) is 5.13 Å². The molecule has 3 rings (SSSR count). The molecule has 0 spiro atoms. The minimum atomic E-state index is -0.296. The fourth-order valence-electron chi connectivity index (χ4n) is 2.85. The summed E-state index contributed by atoms with van der Waals surface area (Å²) in [4.78, 5) is 18.1. The molecule has 0 aliphatic carbocycles. The average Bonchev–Trinajstić information content (AvgIpc) is 3.13. The van der Waals surface area contributed by atoms with Gasteiger partial charge in [0.2, 0.25) is 5.75 Å². The summed E-state index contributed by atoms with van der Waals surface area (Å²) in [5.74, 6) is 0.990. The van der Waals surface area contributed by atoms with Gasteiger partial charge in [-0.1, -0.05) is 29.8 Å². The Balaban J connectivity index is 1.76. The lowest BCUT2D eigenvalue weighted by Crippen LogP contribution is -2.12. The molecule has 1 aromatic heterocycles. The van der Waals surface area contributed by atoms with Crippen molar-refractivity contribution in [2.24, 2.45) is 0 Å². The molecule has 0 aliphatic rings. The predicted octanol–water partition coefficient (Wildman–Crippen LogP) is 4.32. The normalized spacial score (nSPS) is 10.4. The van der Waals surface area contributed by atoms with E-state index >= 15 is 0 Å². The Bertz CT molecular complexity index is 959. The van der Waals surface area contributed by atoms with Gasteiger partial charge in [0.05, 0.1) is 21.3 Å². The first-order valence-corrected chi connectivity index (χ1v) is 9.47. The van der Waals surface area contributed by atoms with Crippen LogP contribution in [0.2, 0.25) is 0 Å². The van der Waals surface area contributed by atoms with E-state index < -0.39 is 0 Å². The van der Waals surface area contributed by atoms with E-state index in [4.69, 9.17) is 14.2 Å². The Morgan fingerprint density at radius 1 is 1.07 bits per heavy atom. The SMILES string of the molecule is COc1cc(C(=O)Nc2ncc(Cc3cccc(C)c3)s2)cc(OC)c1OC. The lowest BCUT2D eigenvalue weighted by Gasteiger charge is -2.13. The van der Waals surface area contributed by atoms with Crippen LogP contribution in [0.5, 0.6) is 17.2 Å². The molecule has 0 fully saturated rings. The van der Waals surface area contributed by atoms with Crippen LogP contribution in [0, 0.1) is 6.92 Å². The molecule has 1 amide bonds. The van der Waals surface area contributed by atoms with Gasteiger partial charge >= 0.3 is 0 Å². The average molecular weight is 398 g/mol. The highest BCUT2D eigenvalue weighted by atomic mass is 32.1. The van der Waals surface area contributed by atoms with E-state index in [0.29, 0.717) is 27.9 Å². The third-order valence-electron chi connectivity index (χ3n) is 4.16. The Hall–Kier alpha value is -3.06. The first-order chi connectivity index (χ1) is 13.5. The zero-order valence-electron chi connectivity index (χ0n) is 16.2. The number of carbonyl (C=O) groups excluding carboxylic acids is 1. The summed E-state index contributed by atoms with van der Waals surface area (Å²) in [6.07, 6.45) is 2.57. The van der Waals surface area contributed by atoms with E-state index in [9.17, 15) is 4.79 Å². The van der Waals surface area contributed by atoms with E-state index in [1.807, 2.05) is 6.07 Å². The monoisotopic (exact) mass is 398 g/mol. The van der Waals surface area contributed by atoms with Crippen LogP contribution >= 0.6 is 11.3 Å². The van der Waals surface area contributed by atoms with Crippen molar-refractivity contribution >= 4 is 22.4 Å². The number of ether oxygens (including phenoxy) is 3. The van der Waals surface area contributed by atoms with Gasteiger partial charge in [0.25, 0.3) is 5.91 Å². The van der Waals surface area contributed by atoms with Crippen LogP contribution in [-0.2, 0) is 6.42 Å². The standard InChI is InChI=1S/C21H22N2O4S/c1-13-6-5-7-14(8-13)9-16-12-22-21(28-16)23-20(24)15-10-17(25-2)19(27-4)18(11-15)26-3/h5-8,10-12H,9H2,1-4H3,(H,22,23,24). The third-order valence-corrected chi connectivity index (χ3v) is 5.07. The van der Waals surface area contributed by atoms with Crippen LogP contribution in [0.1, 0.15) is 26.4 Å². The summed E-state index contributed by atoms with van der Waals surface area (Å²) < 4.78 is 15.9. The zero-order valence-corrected chi connectivity index (χ0v) is 17.1. The molecular formula is C21H22N2O4S. The number of benzene rings is 2. The highest BCUT2D eigenvalue weighted by Gasteiger charge is 2.18. The molecule has 0 saturated carbocycles. The van der Waals surface area contributed by atoms with Crippen molar-refractivity contribution in [2.45, 2.75) is 13.3 Å². The van der Waals surface area contributed by atoms with Gasteiger partial charge < -0.3 is 14.2 Å². The molecule has 0 radical (unpaired) electrons. The van der Waals surface area contributed by atoms with Crippen LogP contribution in [0.3, 0.4) is 0 Å². The maximum atomic E-state index is 12.7. The molecule has 0 aliphatic heterocycles. The molecule has 28 heavy (non-hydrogen) atoms. The van der Waals surface area contributed by atoms with Gasteiger partial charge in [-0.05, 0) is 24.6 Å². The Morgan fingerprint density at radius 3 is 2.39 bits per heavy atom. The number of nitrogens with one attached hydrogen (secondary N) is 1. The van der Waals surface area contributed by atoms with Crippen molar-refractivity contribution in [1.29, 1.82) is 0 Å². The molecule has 1 heterocycles. The van der Waals surface area contributed by atoms with Crippen molar-refractivity contribution in [1.82, 2.24) is 4.98 Å². The number of nitrogens with zero attached hydrogens (tertiary/aromatic N) is 1. The van der Waals surface area contributed by atoms with Gasteiger partial charge in [-0.3, -0.25) is 10.1 Å². The smallest absolute Gasteiger partial charge is 0.257 e. The Morgan fingerprint density at radius 2 is 1.79 bits per heavy atom. The summed E-state index contributed by atoms with van der Waals surface area (Å²) in [5.41, 5.74) is 2.83. The first-order valence-electron chi connectivity index (χ1n) is 8.65. The second-order valence-corrected chi connectivity index (χ2v) is 7.28. The van der Waals surface area contributed by atoms with Crippen molar-refractivity contribution in [2.75, 3.05) is 26.6 Å². The number of amides is 1. The highest BCUT2D eigenvalue weighted by molar-refractivity contribution is 7.15. The fourth-order valence-corrected chi connectivity index (χ4v) is 3.69. The van der Waals surface area contributed by atoms with Crippen molar-refractivity contribution in [3.05, 3.63) is 64.2 Å². The van der Waals surface area contributed by atoms with E-state index in [-0.39, 0.29) is 5.91 Å². The minimum absolute atomic E-state index is 0.296. The van der Waals surface area contributed by atoms with Gasteiger partial charge in [-0.25, -0.2) is 4.98 Å². The lowest BCUT2D eigenvalue weighted by atomic mass is 10.1. The number of methoxy groups -OCH3 is 3. The fraction of sp³-hybridized carbons (Fsp3) is 0.238. The molecule has 0 atom stereocenters. The molecule has 3 aromatic rings. The zero-order chi connectivity index (χ0) is 20.1. The van der Waals surface area contributed by atoms with Gasteiger partial charge in [0.1, 0.15) is 0 Å². The van der Waals surface area contributed by atoms with Gasteiger partial charge in [-0.2, -0.15) is 0 Å². The number of anilines is 1. The van der Waals surface area contributed by atoms with E-state index in [1.54, 1.807) is 18.3 Å². The molecule has 6 nitrogen and oxygen atoms in total. The second kappa shape index (κ2) is 8.75. The maximum Gasteiger partial charge on any atom is 0.257 e. The summed E-state index contributed by atoms with van der Waals surface area (Å²) in [7, 11) is 4.54. The van der Waals surface area contributed by atoms with Crippen LogP contribution in [0.15, 0.2) is 42.6 Å². The number of aryl methyl sites for hydroxylation is 1. The molecular weight excluding hydrogens is 376 g/mol. The minimum Gasteiger partial charge on any atom is -0.493 e. The van der Waals surface area contributed by atoms with E-state index in [1.165, 1.54) is 43.8 Å². The molecule has 2 aromatic carbocycles. The van der Waals surface area contributed by atoms with E-state index in [2.05, 4.69) is 35.4 Å². The molecule has 1 N–H and O–H groups in total. The van der Waals surface area contributed by atoms with E-state index in [0.717, 1.165) is 11.3 Å². The molecule has 0 unspecified atom stereocenters. The molecule has 7 heteroatoms. The molecule has 0 bridgehead atoms. The van der Waals surface area contributed by atoms with Crippen LogP contribution in [0.25, 0.3) is 0 Å². The number of aromatic nitrogens is 1. The largest absolute Gasteiger partial charge is 0.493 e. The topological polar surface area (TPSA) is 69.7 Å². The number of carbonyl (C=O) groups is 1. The van der Waals surface area contributed by atoms with Crippen molar-refractivity contribution in [3.8, 4) is 17.2 Å². The van der Waals surface area contributed by atoms with Crippen molar-refractivity contribution in [3.63, 3.8) is 0 Å². The van der Waals surface area contributed by atoms with Gasteiger partial charge in [-0.15, -0.1) is 11.3 Å². The lowest BCUT2D eigenvalue weighted by molar-refractivity contribution is 0.102. The molecule has 146 valence electrons. The second-order valence-electron chi connectivity index (χ2n) is 6.17. The number of hydrogen-bond donors (Lipinski definition) is 1. The maximum absolute atomic E-state index is 12.7. The summed E-state index contributed by atoms with van der Waals surface area (Å²) in [6, 6.07) is 11.6. The Labute approximate surface area is 168 Å². The van der Waals surface area contributed by atoms with Crippen LogP contribution < -0.4 is 19.5 Å². The molecule has 0 saturated heterocycles.